The zero-order valence-corrected chi connectivity index (χ0v) is 16.6. The van der Waals surface area contributed by atoms with Gasteiger partial charge in [0.1, 0.15) is 5.75 Å². The van der Waals surface area contributed by atoms with Crippen LogP contribution in [0.25, 0.3) is 0 Å². The molecule has 2 rings (SSSR count). The van der Waals surface area contributed by atoms with Gasteiger partial charge in [-0.05, 0) is 68.7 Å². The Kier molecular flexibility index (Phi) is 6.99. The number of anilines is 1. The molecule has 0 radical (unpaired) electrons. The third-order valence-electron chi connectivity index (χ3n) is 3.84. The van der Waals surface area contributed by atoms with Gasteiger partial charge in [0.25, 0.3) is 11.8 Å². The fourth-order valence-electron chi connectivity index (χ4n) is 2.48. The number of carbonyl (C=O) groups excluding carboxylic acids is 2. The molecule has 2 aromatic rings. The van der Waals surface area contributed by atoms with E-state index in [0.29, 0.717) is 35.1 Å². The molecule has 0 aliphatic rings. The van der Waals surface area contributed by atoms with Crippen molar-refractivity contribution in [3.63, 3.8) is 0 Å². The molecule has 0 unspecified atom stereocenters. The number of amides is 2. The van der Waals surface area contributed by atoms with Crippen LogP contribution in [0.1, 0.15) is 54.0 Å². The minimum absolute atomic E-state index is 0.0716. The molecule has 0 aromatic heterocycles. The quantitative estimate of drug-likeness (QED) is 0.760. The van der Waals surface area contributed by atoms with Crippen molar-refractivity contribution in [1.82, 2.24) is 5.32 Å². The summed E-state index contributed by atoms with van der Waals surface area (Å²) in [5.74, 6) is 0.749. The predicted molar refractivity (Wildman–Crippen MR) is 109 cm³/mol. The normalized spacial score (nSPS) is 10.8. The molecule has 2 amide bonds. The number of carbonyl (C=O) groups is 2. The molecule has 27 heavy (non-hydrogen) atoms. The average Bonchev–Trinajstić information content (AvgIpc) is 2.61. The topological polar surface area (TPSA) is 67.4 Å². The van der Waals surface area contributed by atoms with Gasteiger partial charge in [0.15, 0.2) is 0 Å². The number of rotatable bonds is 7. The van der Waals surface area contributed by atoms with E-state index >= 15 is 0 Å². The first-order chi connectivity index (χ1) is 12.8. The van der Waals surface area contributed by atoms with E-state index in [0.717, 1.165) is 5.56 Å². The largest absolute Gasteiger partial charge is 0.493 e. The van der Waals surface area contributed by atoms with Crippen molar-refractivity contribution < 1.29 is 14.3 Å². The highest BCUT2D eigenvalue weighted by molar-refractivity contribution is 6.05. The molecule has 5 nitrogen and oxygen atoms in total. The van der Waals surface area contributed by atoms with Crippen LogP contribution in [0.5, 0.6) is 5.75 Å². The van der Waals surface area contributed by atoms with E-state index in [1.807, 2.05) is 26.8 Å². The van der Waals surface area contributed by atoms with Crippen molar-refractivity contribution in [3.8, 4) is 5.75 Å². The van der Waals surface area contributed by atoms with Crippen molar-refractivity contribution in [3.05, 3.63) is 59.2 Å². The molecule has 0 heterocycles. The zero-order valence-electron chi connectivity index (χ0n) is 16.6. The summed E-state index contributed by atoms with van der Waals surface area (Å²) >= 11 is 0. The van der Waals surface area contributed by atoms with E-state index in [4.69, 9.17) is 4.74 Å². The Morgan fingerprint density at radius 1 is 0.963 bits per heavy atom. The summed E-state index contributed by atoms with van der Waals surface area (Å²) in [4.78, 5) is 24.7. The van der Waals surface area contributed by atoms with Gasteiger partial charge in [-0.2, -0.15) is 0 Å². The number of nitrogens with one attached hydrogen (secondary N) is 2. The Balaban J connectivity index is 2.09. The van der Waals surface area contributed by atoms with Gasteiger partial charge in [-0.25, -0.2) is 0 Å². The lowest BCUT2D eigenvalue weighted by Gasteiger charge is -2.13. The third kappa shape index (κ3) is 6.13. The van der Waals surface area contributed by atoms with E-state index in [9.17, 15) is 9.59 Å². The monoisotopic (exact) mass is 368 g/mol. The second-order valence-corrected chi connectivity index (χ2v) is 7.34. The molecule has 0 spiro atoms. The second-order valence-electron chi connectivity index (χ2n) is 7.34. The molecule has 2 aromatic carbocycles. The van der Waals surface area contributed by atoms with Crippen molar-refractivity contribution >= 4 is 17.5 Å². The lowest BCUT2D eigenvalue weighted by Crippen LogP contribution is -2.30. The summed E-state index contributed by atoms with van der Waals surface area (Å²) in [6.07, 6.45) is 0. The van der Waals surface area contributed by atoms with Crippen LogP contribution < -0.4 is 15.4 Å². The number of hydrogen-bond acceptors (Lipinski definition) is 3. The molecule has 5 heteroatoms. The highest BCUT2D eigenvalue weighted by Crippen LogP contribution is 2.20. The van der Waals surface area contributed by atoms with E-state index in [-0.39, 0.29) is 17.9 Å². The van der Waals surface area contributed by atoms with Crippen LogP contribution in [0.4, 0.5) is 5.69 Å². The third-order valence-corrected chi connectivity index (χ3v) is 3.84. The van der Waals surface area contributed by atoms with Crippen molar-refractivity contribution in [2.45, 2.75) is 40.7 Å². The highest BCUT2D eigenvalue weighted by Gasteiger charge is 2.12. The van der Waals surface area contributed by atoms with Gasteiger partial charge in [-0.3, -0.25) is 9.59 Å². The van der Waals surface area contributed by atoms with Crippen molar-refractivity contribution in [2.75, 3.05) is 11.9 Å². The fourth-order valence-corrected chi connectivity index (χ4v) is 2.48. The standard InChI is InChI=1S/C22H28N2O3/c1-14(2)13-27-19-8-6-7-17(12-19)22(26)24-20-10-9-18(11-16(20)5)21(25)23-15(3)4/h6-12,14-15H,13H2,1-5H3,(H,23,25)(H,24,26). The maximum Gasteiger partial charge on any atom is 0.255 e. The first kappa shape index (κ1) is 20.5. The van der Waals surface area contributed by atoms with Crippen LogP contribution in [0.2, 0.25) is 0 Å². The summed E-state index contributed by atoms with van der Waals surface area (Å²) in [7, 11) is 0. The van der Waals surface area contributed by atoms with Gasteiger partial charge in [0.2, 0.25) is 0 Å². The van der Waals surface area contributed by atoms with Crippen LogP contribution >= 0.6 is 0 Å². The Bertz CT molecular complexity index is 813. The Morgan fingerprint density at radius 2 is 1.67 bits per heavy atom. The molecule has 0 aliphatic heterocycles. The molecule has 0 fully saturated rings. The summed E-state index contributed by atoms with van der Waals surface area (Å²) in [5.41, 5.74) is 2.60. The maximum atomic E-state index is 12.6. The molecule has 2 N–H and O–H groups in total. The second kappa shape index (κ2) is 9.21. The van der Waals surface area contributed by atoms with Crippen LogP contribution in [0, 0.1) is 12.8 Å². The van der Waals surface area contributed by atoms with Crippen LogP contribution in [0.3, 0.4) is 0 Å². The molecule has 0 saturated heterocycles. The number of aryl methyl sites for hydroxylation is 1. The fraction of sp³-hybridized carbons (Fsp3) is 0.364. The molecule has 0 bridgehead atoms. The molecule has 144 valence electrons. The first-order valence-corrected chi connectivity index (χ1v) is 9.22. The number of ether oxygens (including phenoxy) is 1. The van der Waals surface area contributed by atoms with Crippen LogP contribution in [-0.2, 0) is 0 Å². The van der Waals surface area contributed by atoms with Gasteiger partial charge in [0, 0.05) is 22.9 Å². The van der Waals surface area contributed by atoms with Gasteiger partial charge in [-0.15, -0.1) is 0 Å². The summed E-state index contributed by atoms with van der Waals surface area (Å²) in [5, 5.41) is 5.76. The van der Waals surface area contributed by atoms with E-state index < -0.39 is 0 Å². The molecular formula is C22H28N2O3. The van der Waals surface area contributed by atoms with Crippen molar-refractivity contribution in [1.29, 1.82) is 0 Å². The SMILES string of the molecule is Cc1cc(C(=O)NC(C)C)ccc1NC(=O)c1cccc(OCC(C)C)c1. The summed E-state index contributed by atoms with van der Waals surface area (Å²) in [6, 6.07) is 12.4. The minimum Gasteiger partial charge on any atom is -0.493 e. The van der Waals surface area contributed by atoms with Crippen LogP contribution in [-0.4, -0.2) is 24.5 Å². The van der Waals surface area contributed by atoms with Crippen molar-refractivity contribution in [2.24, 2.45) is 5.92 Å². The maximum absolute atomic E-state index is 12.6. The predicted octanol–water partition coefficient (Wildman–Crippen LogP) is 4.42. The summed E-state index contributed by atoms with van der Waals surface area (Å²) < 4.78 is 5.68. The summed E-state index contributed by atoms with van der Waals surface area (Å²) in [6.45, 7) is 10.4. The van der Waals surface area contributed by atoms with Gasteiger partial charge in [0.05, 0.1) is 6.61 Å². The molecule has 0 atom stereocenters. The van der Waals surface area contributed by atoms with Crippen LogP contribution in [0.15, 0.2) is 42.5 Å². The molecular weight excluding hydrogens is 340 g/mol. The van der Waals surface area contributed by atoms with Gasteiger partial charge < -0.3 is 15.4 Å². The number of hydrogen-bond donors (Lipinski definition) is 2. The van der Waals surface area contributed by atoms with E-state index in [1.165, 1.54) is 0 Å². The van der Waals surface area contributed by atoms with E-state index in [1.54, 1.807) is 36.4 Å². The lowest BCUT2D eigenvalue weighted by molar-refractivity contribution is 0.0942. The van der Waals surface area contributed by atoms with Gasteiger partial charge >= 0.3 is 0 Å². The smallest absolute Gasteiger partial charge is 0.255 e. The van der Waals surface area contributed by atoms with Gasteiger partial charge in [-0.1, -0.05) is 19.9 Å². The zero-order chi connectivity index (χ0) is 20.0. The van der Waals surface area contributed by atoms with E-state index in [2.05, 4.69) is 24.5 Å². The molecule has 0 aliphatic carbocycles. The number of benzene rings is 2. The Hall–Kier alpha value is -2.82. The first-order valence-electron chi connectivity index (χ1n) is 9.22. The molecule has 0 saturated carbocycles. The average molecular weight is 368 g/mol. The lowest BCUT2D eigenvalue weighted by atomic mass is 10.1. The Morgan fingerprint density at radius 3 is 2.30 bits per heavy atom. The highest BCUT2D eigenvalue weighted by atomic mass is 16.5. The minimum atomic E-state index is -0.215. The Labute approximate surface area is 161 Å².